The van der Waals surface area contributed by atoms with Gasteiger partial charge in [0, 0.05) is 24.5 Å². The highest BCUT2D eigenvalue weighted by Gasteiger charge is 2.62. The lowest BCUT2D eigenvalue weighted by atomic mass is 9.70. The minimum atomic E-state index is -0.743. The molecule has 1 aromatic carbocycles. The van der Waals surface area contributed by atoms with E-state index in [0.717, 1.165) is 18.4 Å². The van der Waals surface area contributed by atoms with Crippen LogP contribution in [0.2, 0.25) is 0 Å². The van der Waals surface area contributed by atoms with Gasteiger partial charge in [-0.15, -0.1) is 5.10 Å². The summed E-state index contributed by atoms with van der Waals surface area (Å²) in [5.41, 5.74) is 0.327. The molecule has 2 aliphatic rings. The molecule has 8 nitrogen and oxygen atoms in total. The van der Waals surface area contributed by atoms with Crippen molar-refractivity contribution in [3.8, 4) is 0 Å². The Bertz CT molecular complexity index is 1070. The van der Waals surface area contributed by atoms with E-state index >= 15 is 0 Å². The molecule has 4 heterocycles. The van der Waals surface area contributed by atoms with E-state index in [4.69, 9.17) is 4.74 Å². The van der Waals surface area contributed by atoms with Gasteiger partial charge in [0.15, 0.2) is 0 Å². The first-order valence-electron chi connectivity index (χ1n) is 10.3. The Kier molecular flexibility index (Phi) is 4.49. The van der Waals surface area contributed by atoms with Crippen LogP contribution in [0.3, 0.4) is 0 Å². The van der Waals surface area contributed by atoms with Crippen molar-refractivity contribution in [1.82, 2.24) is 24.5 Å². The Morgan fingerprint density at radius 3 is 2.80 bits per heavy atom. The normalized spacial score (nSPS) is 25.0. The van der Waals surface area contributed by atoms with Crippen molar-refractivity contribution in [2.45, 2.75) is 44.7 Å². The minimum Gasteiger partial charge on any atom is -0.465 e. The number of ether oxygens (including phenoxy) is 1. The van der Waals surface area contributed by atoms with Crippen LogP contribution >= 0.6 is 0 Å². The van der Waals surface area contributed by atoms with Gasteiger partial charge in [-0.25, -0.2) is 9.50 Å². The quantitative estimate of drug-likeness (QED) is 0.605. The second-order valence-electron chi connectivity index (χ2n) is 8.00. The van der Waals surface area contributed by atoms with Gasteiger partial charge < -0.3 is 9.64 Å². The number of carbonyl (C=O) groups excluding carboxylic acids is 2. The summed E-state index contributed by atoms with van der Waals surface area (Å²) >= 11 is 0. The summed E-state index contributed by atoms with van der Waals surface area (Å²) in [6, 6.07) is 11.4. The molecule has 0 spiro atoms. The number of fused-ring (bicyclic) bond motifs is 3. The van der Waals surface area contributed by atoms with Gasteiger partial charge in [-0.2, -0.15) is 4.98 Å². The molecule has 154 valence electrons. The van der Waals surface area contributed by atoms with Gasteiger partial charge in [0.05, 0.1) is 12.0 Å². The number of benzene rings is 1. The smallest absolute Gasteiger partial charge is 0.314 e. The zero-order chi connectivity index (χ0) is 20.7. The van der Waals surface area contributed by atoms with Crippen molar-refractivity contribution in [2.24, 2.45) is 5.41 Å². The predicted molar refractivity (Wildman–Crippen MR) is 108 cm³/mol. The molecule has 2 fully saturated rings. The van der Waals surface area contributed by atoms with Crippen LogP contribution in [-0.4, -0.2) is 55.0 Å². The molecular formula is C22H23N5O3. The first kappa shape index (κ1) is 18.7. The second-order valence-corrected chi connectivity index (χ2v) is 8.00. The number of rotatable bonds is 5. The monoisotopic (exact) mass is 405 g/mol. The van der Waals surface area contributed by atoms with E-state index in [9.17, 15) is 9.59 Å². The summed E-state index contributed by atoms with van der Waals surface area (Å²) in [7, 11) is 0. The van der Waals surface area contributed by atoms with Crippen LogP contribution in [0.4, 0.5) is 0 Å². The fourth-order valence-corrected chi connectivity index (χ4v) is 5.15. The first-order valence-corrected chi connectivity index (χ1v) is 10.3. The van der Waals surface area contributed by atoms with E-state index in [1.807, 2.05) is 42.2 Å². The molecule has 2 aliphatic heterocycles. The Labute approximate surface area is 173 Å². The summed E-state index contributed by atoms with van der Waals surface area (Å²) in [4.78, 5) is 36.9. The Morgan fingerprint density at radius 1 is 1.20 bits per heavy atom. The molecular weight excluding hydrogens is 382 g/mol. The summed E-state index contributed by atoms with van der Waals surface area (Å²) in [5.74, 6) is 0.0361. The number of carbonyl (C=O) groups is 2. The van der Waals surface area contributed by atoms with Crippen LogP contribution in [0.25, 0.3) is 5.78 Å². The second kappa shape index (κ2) is 7.19. The van der Waals surface area contributed by atoms with Gasteiger partial charge in [0.2, 0.25) is 5.82 Å². The number of amides is 1. The van der Waals surface area contributed by atoms with E-state index in [0.29, 0.717) is 25.2 Å². The highest BCUT2D eigenvalue weighted by atomic mass is 16.5. The van der Waals surface area contributed by atoms with Crippen molar-refractivity contribution < 1.29 is 14.3 Å². The topological polar surface area (TPSA) is 89.7 Å². The molecule has 0 unspecified atom stereocenters. The molecule has 8 heteroatoms. The van der Waals surface area contributed by atoms with Gasteiger partial charge in [-0.1, -0.05) is 30.3 Å². The average molecular weight is 405 g/mol. The Hall–Kier alpha value is -3.29. The maximum absolute atomic E-state index is 13.4. The number of aromatic nitrogens is 4. The molecule has 2 bridgehead atoms. The SMILES string of the molecule is CCOC(=O)[C@@]1(Cc2ccccc2)C[C@H]2CC[C@@H]1N2C(=O)c1nc2ncccn2n1. The fourth-order valence-electron chi connectivity index (χ4n) is 5.15. The zero-order valence-electron chi connectivity index (χ0n) is 16.8. The lowest BCUT2D eigenvalue weighted by molar-refractivity contribution is -0.157. The number of nitrogens with zero attached hydrogens (tertiary/aromatic N) is 5. The van der Waals surface area contributed by atoms with Gasteiger partial charge in [0.25, 0.3) is 11.7 Å². The molecule has 5 rings (SSSR count). The summed E-state index contributed by atoms with van der Waals surface area (Å²) in [5, 5.41) is 4.30. The number of esters is 1. The fraction of sp³-hybridized carbons (Fsp3) is 0.409. The molecule has 2 saturated heterocycles. The van der Waals surface area contributed by atoms with Crippen LogP contribution in [0.5, 0.6) is 0 Å². The van der Waals surface area contributed by atoms with Crippen molar-refractivity contribution in [1.29, 1.82) is 0 Å². The first-order chi connectivity index (χ1) is 14.6. The van der Waals surface area contributed by atoms with E-state index in [1.54, 1.807) is 18.5 Å². The van der Waals surface area contributed by atoms with Crippen LogP contribution < -0.4 is 0 Å². The molecule has 2 aromatic heterocycles. The van der Waals surface area contributed by atoms with Gasteiger partial charge >= 0.3 is 5.97 Å². The van der Waals surface area contributed by atoms with Crippen molar-refractivity contribution in [3.63, 3.8) is 0 Å². The summed E-state index contributed by atoms with van der Waals surface area (Å²) in [6.45, 7) is 2.14. The Morgan fingerprint density at radius 2 is 2.03 bits per heavy atom. The summed E-state index contributed by atoms with van der Waals surface area (Å²) < 4.78 is 7.01. The van der Waals surface area contributed by atoms with Crippen LogP contribution in [0.15, 0.2) is 48.8 Å². The third-order valence-electron chi connectivity index (χ3n) is 6.33. The third kappa shape index (κ3) is 2.86. The van der Waals surface area contributed by atoms with Crippen molar-refractivity contribution in [2.75, 3.05) is 6.61 Å². The van der Waals surface area contributed by atoms with Crippen LogP contribution in [-0.2, 0) is 16.0 Å². The summed E-state index contributed by atoms with van der Waals surface area (Å²) in [6.07, 6.45) is 6.12. The van der Waals surface area contributed by atoms with E-state index in [-0.39, 0.29) is 29.8 Å². The molecule has 0 radical (unpaired) electrons. The number of hydrogen-bond donors (Lipinski definition) is 0. The highest BCUT2D eigenvalue weighted by Crippen LogP contribution is 2.52. The molecule has 3 atom stereocenters. The zero-order valence-corrected chi connectivity index (χ0v) is 16.8. The van der Waals surface area contributed by atoms with Gasteiger partial charge in [-0.05, 0) is 44.2 Å². The van der Waals surface area contributed by atoms with Crippen molar-refractivity contribution >= 4 is 17.7 Å². The van der Waals surface area contributed by atoms with Gasteiger partial charge in [-0.3, -0.25) is 9.59 Å². The lowest BCUT2D eigenvalue weighted by Crippen LogP contribution is -2.47. The molecule has 30 heavy (non-hydrogen) atoms. The lowest BCUT2D eigenvalue weighted by Gasteiger charge is -2.35. The third-order valence-corrected chi connectivity index (χ3v) is 6.33. The predicted octanol–water partition coefficient (Wildman–Crippen LogP) is 2.29. The molecule has 0 N–H and O–H groups in total. The van der Waals surface area contributed by atoms with Gasteiger partial charge in [0.1, 0.15) is 0 Å². The molecule has 1 amide bonds. The molecule has 0 aliphatic carbocycles. The Balaban J connectivity index is 1.50. The minimum absolute atomic E-state index is 0.0183. The molecule has 3 aromatic rings. The maximum Gasteiger partial charge on any atom is 0.314 e. The van der Waals surface area contributed by atoms with E-state index in [1.165, 1.54) is 4.52 Å². The average Bonchev–Trinajstić information content (AvgIpc) is 3.46. The largest absolute Gasteiger partial charge is 0.465 e. The standard InChI is InChI=1S/C22H23N5O3/c1-2-30-20(29)22(13-15-7-4-3-5-8-15)14-16-9-10-17(22)27(16)19(28)18-24-21-23-11-6-12-26(21)25-18/h3-8,11-12,16-17H,2,9-10,13-14H2,1H3/t16-,17+,22+/m1/s1. The highest BCUT2D eigenvalue weighted by molar-refractivity contribution is 5.93. The van der Waals surface area contributed by atoms with E-state index < -0.39 is 5.41 Å². The van der Waals surface area contributed by atoms with Crippen LogP contribution in [0.1, 0.15) is 42.4 Å². The number of hydrogen-bond acceptors (Lipinski definition) is 6. The van der Waals surface area contributed by atoms with Crippen molar-refractivity contribution in [3.05, 3.63) is 60.2 Å². The van der Waals surface area contributed by atoms with Crippen LogP contribution in [0, 0.1) is 5.41 Å². The molecule has 0 saturated carbocycles. The maximum atomic E-state index is 13.4. The van der Waals surface area contributed by atoms with E-state index in [2.05, 4.69) is 15.1 Å².